The summed E-state index contributed by atoms with van der Waals surface area (Å²) in [6.45, 7) is 0.130. The summed E-state index contributed by atoms with van der Waals surface area (Å²) in [4.78, 5) is 24.5. The summed E-state index contributed by atoms with van der Waals surface area (Å²) in [5, 5.41) is 19.3. The van der Waals surface area contributed by atoms with Crippen molar-refractivity contribution in [2.24, 2.45) is 0 Å². The van der Waals surface area contributed by atoms with Crippen LogP contribution < -0.4 is 0 Å². The third-order valence-electron chi connectivity index (χ3n) is 3.68. The number of allylic oxidation sites excluding steroid dienone is 1. The minimum atomic E-state index is -0.787. The van der Waals surface area contributed by atoms with E-state index in [-0.39, 0.29) is 46.8 Å². The fourth-order valence-corrected chi connectivity index (χ4v) is 3.01. The van der Waals surface area contributed by atoms with Gasteiger partial charge in [-0.2, -0.15) is 0 Å². The number of hydrogen-bond acceptors (Lipinski definition) is 5. The van der Waals surface area contributed by atoms with Gasteiger partial charge in [-0.15, -0.1) is 11.6 Å². The first-order valence-corrected chi connectivity index (χ1v) is 8.42. The molecule has 0 fully saturated rings. The van der Waals surface area contributed by atoms with Gasteiger partial charge < -0.3 is 14.9 Å². The largest absolute Gasteiger partial charge is 0.507 e. The molecule has 2 rings (SSSR count). The van der Waals surface area contributed by atoms with Crippen LogP contribution in [-0.2, 0) is 16.0 Å². The molecule has 0 aromatic heterocycles. The van der Waals surface area contributed by atoms with Crippen LogP contribution in [0.25, 0.3) is 0 Å². The van der Waals surface area contributed by atoms with Crippen molar-refractivity contribution in [2.45, 2.75) is 37.5 Å². The Hall–Kier alpha value is -1.72. The average molecular weight is 373 g/mol. The molecule has 0 radical (unpaired) electrons. The number of carbonyl (C=O) groups is 2. The zero-order chi connectivity index (χ0) is 17.7. The summed E-state index contributed by atoms with van der Waals surface area (Å²) in [6, 6.07) is 0.959. The lowest BCUT2D eigenvalue weighted by molar-refractivity contribution is -0.118. The van der Waals surface area contributed by atoms with E-state index in [1.807, 2.05) is 12.2 Å². The third kappa shape index (κ3) is 4.65. The van der Waals surface area contributed by atoms with E-state index < -0.39 is 17.5 Å². The fourth-order valence-electron chi connectivity index (χ4n) is 2.50. The number of fused-ring (bicyclic) bond motifs is 1. The van der Waals surface area contributed by atoms with Crippen LogP contribution in [0.4, 0.5) is 0 Å². The second kappa shape index (κ2) is 8.40. The number of halogens is 2. The van der Waals surface area contributed by atoms with Crippen LogP contribution in [0.15, 0.2) is 18.2 Å². The molecule has 2 N–H and O–H groups in total. The standard InChI is InChI=1S/C17H18Cl2O5/c18-10-5-3-1-2-4-6-24-17(23)15-12(8-11(20)7-10)16(19)14(22)9-13(15)21/h1-2,9-10,21-22H,3-8H2/b2-1+. The van der Waals surface area contributed by atoms with Crippen molar-refractivity contribution in [3.05, 3.63) is 34.4 Å². The van der Waals surface area contributed by atoms with Crippen molar-refractivity contribution in [1.29, 1.82) is 0 Å². The summed E-state index contributed by atoms with van der Waals surface area (Å²) >= 11 is 12.2. The van der Waals surface area contributed by atoms with Crippen LogP contribution in [0.3, 0.4) is 0 Å². The smallest absolute Gasteiger partial charge is 0.342 e. The molecule has 1 aliphatic heterocycles. The van der Waals surface area contributed by atoms with Gasteiger partial charge >= 0.3 is 5.97 Å². The molecular formula is C17H18Cl2O5. The predicted octanol–water partition coefficient (Wildman–Crippen LogP) is 3.76. The number of phenolic OH excluding ortho intramolecular Hbond substituents is 2. The maximum Gasteiger partial charge on any atom is 0.342 e. The first kappa shape index (κ1) is 18.6. The van der Waals surface area contributed by atoms with E-state index in [1.54, 1.807) is 0 Å². The molecule has 5 nitrogen and oxygen atoms in total. The lowest BCUT2D eigenvalue weighted by Crippen LogP contribution is -2.16. The van der Waals surface area contributed by atoms with Crippen molar-refractivity contribution in [3.8, 4) is 11.5 Å². The molecule has 1 aromatic rings. The maximum absolute atomic E-state index is 12.2. The van der Waals surface area contributed by atoms with Gasteiger partial charge in [0.15, 0.2) is 0 Å². The summed E-state index contributed by atoms with van der Waals surface area (Å²) in [7, 11) is 0. The number of Topliss-reactive ketones (excluding diaryl/α,β-unsaturated/α-hetero) is 1. The van der Waals surface area contributed by atoms with E-state index in [0.717, 1.165) is 12.5 Å². The van der Waals surface area contributed by atoms with Crippen molar-refractivity contribution in [2.75, 3.05) is 6.61 Å². The Kier molecular flexibility index (Phi) is 6.52. The molecule has 0 bridgehead atoms. The Morgan fingerprint density at radius 3 is 2.58 bits per heavy atom. The van der Waals surface area contributed by atoms with Gasteiger partial charge in [-0.1, -0.05) is 23.8 Å². The maximum atomic E-state index is 12.2. The Labute approximate surface area is 149 Å². The Bertz CT molecular complexity index is 669. The number of ether oxygens (including phenoxy) is 1. The Morgan fingerprint density at radius 2 is 1.83 bits per heavy atom. The van der Waals surface area contributed by atoms with E-state index in [2.05, 4.69) is 0 Å². The molecule has 0 amide bonds. The molecule has 0 saturated carbocycles. The van der Waals surface area contributed by atoms with Crippen LogP contribution in [0.1, 0.15) is 41.6 Å². The number of aromatic hydroxyl groups is 2. The van der Waals surface area contributed by atoms with E-state index in [4.69, 9.17) is 27.9 Å². The normalized spacial score (nSPS) is 21.5. The van der Waals surface area contributed by atoms with Gasteiger partial charge in [0, 0.05) is 29.8 Å². The van der Waals surface area contributed by atoms with E-state index in [9.17, 15) is 19.8 Å². The molecule has 1 heterocycles. The second-order valence-electron chi connectivity index (χ2n) is 5.57. The van der Waals surface area contributed by atoms with Gasteiger partial charge in [-0.25, -0.2) is 4.79 Å². The van der Waals surface area contributed by atoms with Crippen molar-refractivity contribution in [3.63, 3.8) is 0 Å². The zero-order valence-electron chi connectivity index (χ0n) is 12.9. The molecular weight excluding hydrogens is 355 g/mol. The van der Waals surface area contributed by atoms with Crippen LogP contribution in [0, 0.1) is 0 Å². The van der Waals surface area contributed by atoms with E-state index in [0.29, 0.717) is 12.8 Å². The van der Waals surface area contributed by atoms with Gasteiger partial charge in [-0.3, -0.25) is 4.79 Å². The van der Waals surface area contributed by atoms with Gasteiger partial charge in [0.25, 0.3) is 0 Å². The summed E-state index contributed by atoms with van der Waals surface area (Å²) in [6.07, 6.45) is 5.60. The highest BCUT2D eigenvalue weighted by atomic mass is 35.5. The number of phenols is 2. The number of hydrogen-bond donors (Lipinski definition) is 2. The number of cyclic esters (lactones) is 1. The highest BCUT2D eigenvalue weighted by Crippen LogP contribution is 2.37. The van der Waals surface area contributed by atoms with Gasteiger partial charge in [0.05, 0.1) is 11.6 Å². The first-order chi connectivity index (χ1) is 11.4. The fraction of sp³-hybridized carbons (Fsp3) is 0.412. The van der Waals surface area contributed by atoms with Crippen LogP contribution in [0.5, 0.6) is 11.5 Å². The van der Waals surface area contributed by atoms with Crippen molar-refractivity contribution < 1.29 is 24.5 Å². The molecule has 24 heavy (non-hydrogen) atoms. The lowest BCUT2D eigenvalue weighted by Gasteiger charge is -2.15. The minimum Gasteiger partial charge on any atom is -0.507 e. The molecule has 1 unspecified atom stereocenters. The van der Waals surface area contributed by atoms with Gasteiger partial charge in [0.2, 0.25) is 0 Å². The first-order valence-electron chi connectivity index (χ1n) is 7.61. The Morgan fingerprint density at radius 1 is 1.12 bits per heavy atom. The average Bonchev–Trinajstić information content (AvgIpc) is 2.50. The molecule has 1 aliphatic rings. The van der Waals surface area contributed by atoms with Gasteiger partial charge in [0.1, 0.15) is 22.8 Å². The van der Waals surface area contributed by atoms with E-state index in [1.165, 1.54) is 0 Å². The molecule has 7 heteroatoms. The monoisotopic (exact) mass is 372 g/mol. The third-order valence-corrected chi connectivity index (χ3v) is 4.47. The molecule has 1 aromatic carbocycles. The summed E-state index contributed by atoms with van der Waals surface area (Å²) in [5.41, 5.74) is -0.140. The number of ketones is 1. The van der Waals surface area contributed by atoms with Crippen molar-refractivity contribution >= 4 is 35.0 Å². The molecule has 0 aliphatic carbocycles. The van der Waals surface area contributed by atoms with Crippen LogP contribution in [0.2, 0.25) is 5.02 Å². The van der Waals surface area contributed by atoms with Crippen LogP contribution >= 0.6 is 23.2 Å². The lowest BCUT2D eigenvalue weighted by atomic mass is 9.98. The number of rotatable bonds is 0. The minimum absolute atomic E-state index is 0.0561. The van der Waals surface area contributed by atoms with E-state index >= 15 is 0 Å². The molecule has 1 atom stereocenters. The molecule has 0 spiro atoms. The quantitative estimate of drug-likeness (QED) is 0.411. The number of esters is 1. The highest BCUT2D eigenvalue weighted by molar-refractivity contribution is 6.33. The van der Waals surface area contributed by atoms with Crippen LogP contribution in [-0.4, -0.2) is 33.9 Å². The summed E-state index contributed by atoms with van der Waals surface area (Å²) < 4.78 is 5.12. The number of benzene rings is 1. The predicted molar refractivity (Wildman–Crippen MR) is 91.0 cm³/mol. The molecule has 130 valence electrons. The topological polar surface area (TPSA) is 83.8 Å². The SMILES string of the molecule is O=C1Cc2c(Cl)c(O)cc(O)c2C(=O)OCC/C=C/CCC(Cl)C1. The Balaban J connectivity index is 2.41. The zero-order valence-corrected chi connectivity index (χ0v) is 14.4. The van der Waals surface area contributed by atoms with Gasteiger partial charge in [-0.05, 0) is 19.3 Å². The second-order valence-corrected chi connectivity index (χ2v) is 6.57. The number of carbonyl (C=O) groups excluding carboxylic acids is 2. The summed E-state index contributed by atoms with van der Waals surface area (Å²) in [5.74, 6) is -1.91. The van der Waals surface area contributed by atoms with Crippen molar-refractivity contribution in [1.82, 2.24) is 0 Å². The number of alkyl halides is 1. The highest BCUT2D eigenvalue weighted by Gasteiger charge is 2.25. The molecule has 0 saturated heterocycles.